The maximum atomic E-state index is 11.3. The molecular formula is C13H14N4O3. The lowest BCUT2D eigenvalue weighted by Crippen LogP contribution is -2.23. The van der Waals surface area contributed by atoms with Gasteiger partial charge in [-0.2, -0.15) is 4.98 Å². The van der Waals surface area contributed by atoms with Gasteiger partial charge in [0.1, 0.15) is 0 Å². The fourth-order valence-corrected chi connectivity index (χ4v) is 2.42. The highest BCUT2D eigenvalue weighted by atomic mass is 16.5. The average molecular weight is 274 g/mol. The van der Waals surface area contributed by atoms with E-state index in [-0.39, 0.29) is 5.92 Å². The number of carboxylic acid groups (broad SMARTS) is 1. The van der Waals surface area contributed by atoms with Crippen LogP contribution in [-0.4, -0.2) is 30.8 Å². The molecular weight excluding hydrogens is 260 g/mol. The summed E-state index contributed by atoms with van der Waals surface area (Å²) in [6, 6.07) is 0. The Hall–Kier alpha value is -2.44. The molecule has 7 heteroatoms. The highest BCUT2D eigenvalue weighted by Gasteiger charge is 2.34. The van der Waals surface area contributed by atoms with Crippen molar-refractivity contribution >= 4 is 5.97 Å². The van der Waals surface area contributed by atoms with Gasteiger partial charge in [0.05, 0.1) is 11.8 Å². The van der Waals surface area contributed by atoms with E-state index in [1.807, 2.05) is 19.2 Å². The third kappa shape index (κ3) is 2.11. The Morgan fingerprint density at radius 3 is 2.95 bits per heavy atom. The first-order chi connectivity index (χ1) is 9.66. The van der Waals surface area contributed by atoms with Gasteiger partial charge in [-0.05, 0) is 12.8 Å². The van der Waals surface area contributed by atoms with Crippen LogP contribution in [0.1, 0.15) is 24.7 Å². The molecule has 104 valence electrons. The lowest BCUT2D eigenvalue weighted by molar-refractivity contribution is -0.142. The van der Waals surface area contributed by atoms with E-state index in [1.54, 1.807) is 17.0 Å². The van der Waals surface area contributed by atoms with E-state index in [4.69, 9.17) is 4.52 Å². The molecule has 3 rings (SSSR count). The Labute approximate surface area is 114 Å². The summed E-state index contributed by atoms with van der Waals surface area (Å²) in [5, 5.41) is 13.2. The van der Waals surface area contributed by atoms with Crippen molar-refractivity contribution in [3.05, 3.63) is 30.4 Å². The molecule has 0 saturated carbocycles. The van der Waals surface area contributed by atoms with E-state index in [1.165, 1.54) is 0 Å². The van der Waals surface area contributed by atoms with Crippen LogP contribution in [0, 0.1) is 5.92 Å². The Morgan fingerprint density at radius 1 is 1.45 bits per heavy atom. The van der Waals surface area contributed by atoms with Crippen LogP contribution in [-0.2, 0) is 11.8 Å². The Morgan fingerprint density at radius 2 is 2.25 bits per heavy atom. The molecule has 2 heterocycles. The molecule has 0 saturated heterocycles. The predicted molar refractivity (Wildman–Crippen MR) is 68.7 cm³/mol. The van der Waals surface area contributed by atoms with Crippen molar-refractivity contribution in [2.45, 2.75) is 18.8 Å². The first-order valence-corrected chi connectivity index (χ1v) is 6.36. The summed E-state index contributed by atoms with van der Waals surface area (Å²) in [5.41, 5.74) is 0. The number of imidazole rings is 1. The van der Waals surface area contributed by atoms with Crippen molar-refractivity contribution in [1.29, 1.82) is 0 Å². The van der Waals surface area contributed by atoms with Crippen molar-refractivity contribution in [1.82, 2.24) is 19.7 Å². The van der Waals surface area contributed by atoms with Crippen LogP contribution in [0.25, 0.3) is 11.6 Å². The molecule has 0 aliphatic heterocycles. The third-order valence-electron chi connectivity index (χ3n) is 3.53. The Bertz CT molecular complexity index is 658. The predicted octanol–water partition coefficient (Wildman–Crippen LogP) is 1.60. The number of rotatable bonds is 3. The molecule has 2 unspecified atom stereocenters. The van der Waals surface area contributed by atoms with Gasteiger partial charge >= 0.3 is 5.97 Å². The zero-order chi connectivity index (χ0) is 14.1. The number of aromatic nitrogens is 4. The summed E-state index contributed by atoms with van der Waals surface area (Å²) < 4.78 is 7.03. The molecule has 1 aliphatic carbocycles. The summed E-state index contributed by atoms with van der Waals surface area (Å²) in [5.74, 6) is -0.297. The van der Waals surface area contributed by atoms with Crippen molar-refractivity contribution in [3.8, 4) is 11.6 Å². The van der Waals surface area contributed by atoms with Crippen LogP contribution < -0.4 is 0 Å². The lowest BCUT2D eigenvalue weighted by atomic mass is 9.83. The van der Waals surface area contributed by atoms with E-state index in [0.29, 0.717) is 30.4 Å². The molecule has 0 aromatic carbocycles. The summed E-state index contributed by atoms with van der Waals surface area (Å²) in [4.78, 5) is 19.7. The van der Waals surface area contributed by atoms with Gasteiger partial charge < -0.3 is 14.2 Å². The monoisotopic (exact) mass is 274 g/mol. The smallest absolute Gasteiger partial charge is 0.307 e. The molecule has 1 N–H and O–H groups in total. The van der Waals surface area contributed by atoms with Gasteiger partial charge in [-0.1, -0.05) is 17.3 Å². The van der Waals surface area contributed by atoms with Crippen molar-refractivity contribution in [2.75, 3.05) is 0 Å². The van der Waals surface area contributed by atoms with Gasteiger partial charge in [-0.3, -0.25) is 4.79 Å². The number of hydrogen-bond donors (Lipinski definition) is 1. The highest BCUT2D eigenvalue weighted by molar-refractivity contribution is 5.71. The number of aliphatic carboxylic acids is 1. The summed E-state index contributed by atoms with van der Waals surface area (Å²) in [6.45, 7) is 0. The van der Waals surface area contributed by atoms with Crippen molar-refractivity contribution < 1.29 is 14.4 Å². The fraction of sp³-hybridized carbons (Fsp3) is 0.385. The molecule has 7 nitrogen and oxygen atoms in total. The molecule has 2 aromatic heterocycles. The van der Waals surface area contributed by atoms with Gasteiger partial charge in [-0.25, -0.2) is 4.98 Å². The van der Waals surface area contributed by atoms with Gasteiger partial charge in [0, 0.05) is 19.4 Å². The Kier molecular flexibility index (Phi) is 3.09. The van der Waals surface area contributed by atoms with Crippen LogP contribution >= 0.6 is 0 Å². The standard InChI is InChI=1S/C13H14N4O3/c1-17-7-6-14-11(17)10-15-12(20-16-10)8-4-2-3-5-9(8)13(18)19/h2-3,6-9H,4-5H2,1H3,(H,18,19). The zero-order valence-corrected chi connectivity index (χ0v) is 10.9. The summed E-state index contributed by atoms with van der Waals surface area (Å²) >= 11 is 0. The maximum absolute atomic E-state index is 11.3. The lowest BCUT2D eigenvalue weighted by Gasteiger charge is -2.21. The van der Waals surface area contributed by atoms with E-state index in [0.717, 1.165) is 0 Å². The molecule has 20 heavy (non-hydrogen) atoms. The number of nitrogens with zero attached hydrogens (tertiary/aromatic N) is 4. The number of aryl methyl sites for hydroxylation is 1. The van der Waals surface area contributed by atoms with Gasteiger partial charge in [0.25, 0.3) is 0 Å². The van der Waals surface area contributed by atoms with Crippen molar-refractivity contribution in [3.63, 3.8) is 0 Å². The number of allylic oxidation sites excluding steroid dienone is 2. The minimum atomic E-state index is -0.837. The second-order valence-electron chi connectivity index (χ2n) is 4.81. The van der Waals surface area contributed by atoms with Gasteiger partial charge in [-0.15, -0.1) is 0 Å². The fourth-order valence-electron chi connectivity index (χ4n) is 2.42. The molecule has 0 bridgehead atoms. The second kappa shape index (κ2) is 4.92. The Balaban J connectivity index is 1.91. The normalized spacial score (nSPS) is 22.1. The van der Waals surface area contributed by atoms with Crippen molar-refractivity contribution in [2.24, 2.45) is 13.0 Å². The van der Waals surface area contributed by atoms with Gasteiger partial charge in [0.15, 0.2) is 5.82 Å². The van der Waals surface area contributed by atoms with E-state index < -0.39 is 11.9 Å². The van der Waals surface area contributed by atoms with Gasteiger partial charge in [0.2, 0.25) is 11.7 Å². The SMILES string of the molecule is Cn1ccnc1-c1noc(C2CC=CCC2C(=O)O)n1. The molecule has 0 fully saturated rings. The molecule has 0 spiro atoms. The summed E-state index contributed by atoms with van der Waals surface area (Å²) in [7, 11) is 1.84. The van der Waals surface area contributed by atoms with Crippen LogP contribution in [0.3, 0.4) is 0 Å². The largest absolute Gasteiger partial charge is 0.481 e. The highest BCUT2D eigenvalue weighted by Crippen LogP contribution is 2.34. The van der Waals surface area contributed by atoms with E-state index in [2.05, 4.69) is 15.1 Å². The van der Waals surface area contributed by atoms with E-state index in [9.17, 15) is 9.90 Å². The van der Waals surface area contributed by atoms with Crippen LogP contribution in [0.5, 0.6) is 0 Å². The second-order valence-corrected chi connectivity index (χ2v) is 4.81. The number of carbonyl (C=O) groups is 1. The number of carboxylic acids is 1. The molecule has 2 atom stereocenters. The maximum Gasteiger partial charge on any atom is 0.307 e. The quantitative estimate of drug-likeness (QED) is 0.854. The third-order valence-corrected chi connectivity index (χ3v) is 3.53. The van der Waals surface area contributed by atoms with Crippen LogP contribution in [0.15, 0.2) is 29.1 Å². The first-order valence-electron chi connectivity index (χ1n) is 6.36. The molecule has 1 aliphatic rings. The minimum absolute atomic E-state index is 0.279. The topological polar surface area (TPSA) is 94.0 Å². The molecule has 2 aromatic rings. The first kappa shape index (κ1) is 12.6. The summed E-state index contributed by atoms with van der Waals surface area (Å²) in [6.07, 6.45) is 8.35. The molecule has 0 amide bonds. The number of hydrogen-bond acceptors (Lipinski definition) is 5. The van der Waals surface area contributed by atoms with Crippen LogP contribution in [0.2, 0.25) is 0 Å². The minimum Gasteiger partial charge on any atom is -0.481 e. The van der Waals surface area contributed by atoms with Crippen LogP contribution in [0.4, 0.5) is 0 Å². The zero-order valence-electron chi connectivity index (χ0n) is 10.9. The molecule has 0 radical (unpaired) electrons. The van der Waals surface area contributed by atoms with E-state index >= 15 is 0 Å². The average Bonchev–Trinajstić information content (AvgIpc) is 3.07.